The van der Waals surface area contributed by atoms with E-state index in [2.05, 4.69) is 20.7 Å². The lowest BCUT2D eigenvalue weighted by Gasteiger charge is -2.26. The van der Waals surface area contributed by atoms with Gasteiger partial charge in [-0.1, -0.05) is 28.1 Å². The molecular weight excluding hydrogens is 402 g/mol. The smallest absolute Gasteiger partial charge is 0.421 e. The molecule has 1 aromatic carbocycles. The van der Waals surface area contributed by atoms with E-state index in [1.807, 2.05) is 0 Å². The maximum absolute atomic E-state index is 14.2. The van der Waals surface area contributed by atoms with Crippen molar-refractivity contribution in [3.8, 4) is 0 Å². The zero-order valence-electron chi connectivity index (χ0n) is 12.5. The van der Waals surface area contributed by atoms with Crippen molar-refractivity contribution in [1.29, 1.82) is 0 Å². The Morgan fingerprint density at radius 3 is 2.30 bits per heavy atom. The second kappa shape index (κ2) is 7.42. The first-order valence-corrected chi connectivity index (χ1v) is 8.37. The molecule has 0 bridgehead atoms. The minimum absolute atomic E-state index is 0.0257. The Bertz CT molecular complexity index is 587. The molecule has 0 aliphatic heterocycles. The number of alkyl halides is 3. The Morgan fingerprint density at radius 2 is 1.87 bits per heavy atom. The molecule has 1 unspecified atom stereocenters. The third-order valence-electron chi connectivity index (χ3n) is 2.65. The van der Waals surface area contributed by atoms with Crippen LogP contribution in [0.4, 0.5) is 17.6 Å². The number of hydrogen-bond acceptors (Lipinski definition) is 3. The fourth-order valence-corrected chi connectivity index (χ4v) is 2.52. The van der Waals surface area contributed by atoms with Gasteiger partial charge in [-0.25, -0.2) is 9.11 Å². The number of aliphatic hydroxyl groups excluding tert-OH is 1. The molecule has 0 heterocycles. The summed E-state index contributed by atoms with van der Waals surface area (Å²) in [6.45, 7) is 4.73. The van der Waals surface area contributed by atoms with Gasteiger partial charge in [-0.05, 0) is 32.9 Å². The number of aliphatic hydroxyl groups is 1. The van der Waals surface area contributed by atoms with Crippen LogP contribution in [-0.4, -0.2) is 26.7 Å². The topological polar surface area (TPSA) is 55.3 Å². The predicted octanol–water partition coefficient (Wildman–Crippen LogP) is 4.06. The summed E-state index contributed by atoms with van der Waals surface area (Å²) >= 11 is 1.25. The molecule has 2 atom stereocenters. The Morgan fingerprint density at radius 1 is 1.30 bits per heavy atom. The Kier molecular flexibility index (Phi) is 6.54. The monoisotopic (exact) mass is 417 g/mol. The molecule has 0 aliphatic rings. The van der Waals surface area contributed by atoms with E-state index in [0.29, 0.717) is 4.47 Å². The van der Waals surface area contributed by atoms with Crippen LogP contribution < -0.4 is 4.72 Å². The molecular formula is C14H16BrF4NO2S. The molecule has 0 radical (unpaired) electrons. The van der Waals surface area contributed by atoms with Crippen LogP contribution in [-0.2, 0) is 11.4 Å². The minimum Gasteiger partial charge on any atom is -0.593 e. The van der Waals surface area contributed by atoms with Gasteiger partial charge in [0.1, 0.15) is 10.4 Å². The van der Waals surface area contributed by atoms with Crippen LogP contribution >= 0.6 is 15.9 Å². The van der Waals surface area contributed by atoms with Gasteiger partial charge in [-0.2, -0.15) is 13.2 Å². The summed E-state index contributed by atoms with van der Waals surface area (Å²) in [7, 11) is 0. The standard InChI is InChI=1S/C14H16BrF4NO2S/c1-13(2,3)23(22)20-11(8-5-4-6-9(15)7-8)10(16)12(21)14(17,18)19/h4-7,12,20-21H,1-3H3/b11-10+/t12-,23?/m0/s1. The number of rotatable bonds is 4. The number of nitrogens with one attached hydrogen (secondary N) is 1. The van der Waals surface area contributed by atoms with E-state index in [1.165, 1.54) is 18.2 Å². The molecule has 0 fully saturated rings. The molecule has 130 valence electrons. The van der Waals surface area contributed by atoms with Crippen LogP contribution in [0, 0.1) is 0 Å². The second-order valence-electron chi connectivity index (χ2n) is 5.66. The van der Waals surface area contributed by atoms with Gasteiger partial charge in [0.25, 0.3) is 0 Å². The van der Waals surface area contributed by atoms with Crippen LogP contribution in [0.25, 0.3) is 5.70 Å². The van der Waals surface area contributed by atoms with Crippen LogP contribution in [0.15, 0.2) is 34.6 Å². The number of halogens is 5. The van der Waals surface area contributed by atoms with Gasteiger partial charge in [-0.3, -0.25) is 0 Å². The van der Waals surface area contributed by atoms with E-state index in [1.54, 1.807) is 26.8 Å². The quantitative estimate of drug-likeness (QED) is 0.573. The van der Waals surface area contributed by atoms with Crippen LogP contribution in [0.1, 0.15) is 26.3 Å². The Hall–Kier alpha value is -0.770. The van der Waals surface area contributed by atoms with Gasteiger partial charge in [0.15, 0.2) is 5.83 Å². The van der Waals surface area contributed by atoms with Crippen LogP contribution in [0.3, 0.4) is 0 Å². The van der Waals surface area contributed by atoms with E-state index < -0.39 is 39.9 Å². The molecule has 0 aromatic heterocycles. The van der Waals surface area contributed by atoms with Crippen molar-refractivity contribution in [2.75, 3.05) is 0 Å². The molecule has 0 saturated carbocycles. The van der Waals surface area contributed by atoms with Crippen LogP contribution in [0.5, 0.6) is 0 Å². The lowest BCUT2D eigenvalue weighted by atomic mass is 10.1. The first kappa shape index (κ1) is 20.3. The van der Waals surface area contributed by atoms with Crippen molar-refractivity contribution >= 4 is 33.0 Å². The lowest BCUT2D eigenvalue weighted by molar-refractivity contribution is -0.195. The average Bonchev–Trinajstić information content (AvgIpc) is 2.40. The average molecular weight is 418 g/mol. The van der Waals surface area contributed by atoms with Gasteiger partial charge < -0.3 is 9.66 Å². The Labute approximate surface area is 143 Å². The Balaban J connectivity index is 3.37. The number of benzene rings is 1. The third-order valence-corrected chi connectivity index (χ3v) is 4.65. The summed E-state index contributed by atoms with van der Waals surface area (Å²) in [6, 6.07) is 5.77. The van der Waals surface area contributed by atoms with E-state index in [4.69, 9.17) is 5.11 Å². The lowest BCUT2D eigenvalue weighted by Crippen LogP contribution is -2.40. The molecule has 23 heavy (non-hydrogen) atoms. The molecule has 9 heteroatoms. The SMILES string of the molecule is CC(C)(C)[S+]([O-])N/C(=C(/F)[C@H](O)C(F)(F)F)c1cccc(Br)c1. The molecule has 2 N–H and O–H groups in total. The minimum atomic E-state index is -5.17. The summed E-state index contributed by atoms with van der Waals surface area (Å²) < 4.78 is 66.0. The fourth-order valence-electron chi connectivity index (χ4n) is 1.42. The van der Waals surface area contributed by atoms with Crippen LogP contribution in [0.2, 0.25) is 0 Å². The van der Waals surface area contributed by atoms with Crippen molar-refractivity contribution in [3.63, 3.8) is 0 Å². The normalized spacial score (nSPS) is 16.6. The highest BCUT2D eigenvalue weighted by Gasteiger charge is 2.44. The number of hydrogen-bond donors (Lipinski definition) is 2. The van der Waals surface area contributed by atoms with Crippen molar-refractivity contribution in [1.82, 2.24) is 4.72 Å². The molecule has 0 amide bonds. The summed E-state index contributed by atoms with van der Waals surface area (Å²) in [5.74, 6) is -1.84. The van der Waals surface area contributed by atoms with E-state index >= 15 is 0 Å². The molecule has 3 nitrogen and oxygen atoms in total. The van der Waals surface area contributed by atoms with Gasteiger partial charge in [0.05, 0.1) is 11.4 Å². The van der Waals surface area contributed by atoms with E-state index in [0.717, 1.165) is 0 Å². The zero-order chi connectivity index (χ0) is 18.0. The molecule has 1 rings (SSSR count). The summed E-state index contributed by atoms with van der Waals surface area (Å²) in [4.78, 5) is 0. The highest BCUT2D eigenvalue weighted by atomic mass is 79.9. The van der Waals surface area contributed by atoms with Crippen molar-refractivity contribution in [3.05, 3.63) is 40.1 Å². The first-order chi connectivity index (χ1) is 10.3. The highest BCUT2D eigenvalue weighted by molar-refractivity contribution is 9.10. The molecule has 0 saturated heterocycles. The summed E-state index contributed by atoms with van der Waals surface area (Å²) in [6.07, 6.45) is -8.48. The molecule has 1 aromatic rings. The third kappa shape index (κ3) is 5.66. The summed E-state index contributed by atoms with van der Waals surface area (Å²) in [5.41, 5.74) is -0.637. The maximum atomic E-state index is 14.2. The van der Waals surface area contributed by atoms with Gasteiger partial charge in [0.2, 0.25) is 6.10 Å². The fraction of sp³-hybridized carbons (Fsp3) is 0.429. The zero-order valence-corrected chi connectivity index (χ0v) is 14.9. The second-order valence-corrected chi connectivity index (χ2v) is 8.54. The first-order valence-electron chi connectivity index (χ1n) is 6.43. The maximum Gasteiger partial charge on any atom is 0.421 e. The summed E-state index contributed by atoms with van der Waals surface area (Å²) in [5, 5.41) is 9.16. The molecule has 0 aliphatic carbocycles. The highest BCUT2D eigenvalue weighted by Crippen LogP contribution is 2.32. The van der Waals surface area contributed by atoms with Crippen molar-refractivity contribution in [2.24, 2.45) is 0 Å². The van der Waals surface area contributed by atoms with Gasteiger partial charge in [0, 0.05) is 10.0 Å². The van der Waals surface area contributed by atoms with E-state index in [-0.39, 0.29) is 5.56 Å². The van der Waals surface area contributed by atoms with Crippen molar-refractivity contribution < 1.29 is 27.2 Å². The van der Waals surface area contributed by atoms with Crippen molar-refractivity contribution in [2.45, 2.75) is 37.8 Å². The molecule has 0 spiro atoms. The predicted molar refractivity (Wildman–Crippen MR) is 85.3 cm³/mol. The van der Waals surface area contributed by atoms with E-state index in [9.17, 15) is 22.1 Å². The van der Waals surface area contributed by atoms with Gasteiger partial charge in [-0.15, -0.1) is 0 Å². The largest absolute Gasteiger partial charge is 0.593 e. The van der Waals surface area contributed by atoms with Gasteiger partial charge >= 0.3 is 6.18 Å².